The van der Waals surface area contributed by atoms with Crippen LogP contribution in [0.1, 0.15) is 11.9 Å². The second-order valence-electron chi connectivity index (χ2n) is 6.46. The van der Waals surface area contributed by atoms with Crippen LogP contribution in [0, 0.1) is 18.2 Å². The van der Waals surface area contributed by atoms with Gasteiger partial charge in [0.05, 0.1) is 6.61 Å². The zero-order chi connectivity index (χ0) is 25.4. The molecule has 0 amide bonds. The van der Waals surface area contributed by atoms with Crippen molar-refractivity contribution in [3.63, 3.8) is 0 Å². The fourth-order valence-electron chi connectivity index (χ4n) is 2.81. The topological polar surface area (TPSA) is 270 Å². The number of aliphatic hydroxyl groups is 1. The summed E-state index contributed by atoms with van der Waals surface area (Å²) in [5.41, 5.74) is 2.22. The van der Waals surface area contributed by atoms with Crippen molar-refractivity contribution < 1.29 is 56.3 Å². The number of hydrogen-bond acceptors (Lipinski definition) is 11. The summed E-state index contributed by atoms with van der Waals surface area (Å²) in [6, 6.07) is 1.01. The number of nitrogens with two attached hydrogens (primary N) is 1. The van der Waals surface area contributed by atoms with E-state index in [0.29, 0.717) is 0 Å². The molecule has 21 heteroatoms. The summed E-state index contributed by atoms with van der Waals surface area (Å²) in [4.78, 5) is 61.5. The van der Waals surface area contributed by atoms with Crippen LogP contribution < -0.4 is 17.0 Å². The van der Waals surface area contributed by atoms with Crippen molar-refractivity contribution in [2.24, 2.45) is 5.73 Å². The Hall–Kier alpha value is -1.18. The van der Waals surface area contributed by atoms with Gasteiger partial charge in [-0.2, -0.15) is 8.62 Å². The van der Waals surface area contributed by atoms with Gasteiger partial charge in [0.2, 0.25) is 0 Å². The number of aromatic nitrogens is 2. The Labute approximate surface area is 188 Å². The highest BCUT2D eigenvalue weighted by Gasteiger charge is 2.55. The number of aliphatic hydroxyl groups excluding tert-OH is 1. The number of rotatable bonds is 8. The highest BCUT2D eigenvalue weighted by Crippen LogP contribution is 2.66. The highest BCUT2D eigenvalue weighted by atomic mass is 35.5. The maximum absolute atomic E-state index is 12.3. The Balaban J connectivity index is 2.29. The standard InChI is InChI=1S/C12H17ClN3O14P3/c1-6-4-8(17)15-11(19)16(6)10-12(14,2-3-13)9(18)7(28-10)5-27-32(23,24)30-33(25,26)29-31(20,21)22/h4,7,9-10,18H,5,14H2,1H3,(H,23,24)(H,25,26)(H,15,17,19)(H2,20,21,22)/t7-,9+,10-,12?/m1/s1. The van der Waals surface area contributed by atoms with Crippen LogP contribution in [0.25, 0.3) is 0 Å². The van der Waals surface area contributed by atoms with Crippen LogP contribution in [-0.4, -0.2) is 58.6 Å². The normalized spacial score (nSPS) is 29.0. The molecule has 1 fully saturated rings. The van der Waals surface area contributed by atoms with Crippen molar-refractivity contribution in [2.45, 2.75) is 30.9 Å². The predicted molar refractivity (Wildman–Crippen MR) is 106 cm³/mol. The third-order valence-electron chi connectivity index (χ3n) is 4.04. The molecule has 17 nitrogen and oxygen atoms in total. The van der Waals surface area contributed by atoms with Gasteiger partial charge in [-0.15, -0.1) is 0 Å². The summed E-state index contributed by atoms with van der Waals surface area (Å²) in [6.07, 6.45) is -5.11. The molecule has 8 N–H and O–H groups in total. The molecule has 0 saturated carbocycles. The maximum atomic E-state index is 12.3. The summed E-state index contributed by atoms with van der Waals surface area (Å²) < 4.78 is 51.8. The number of aryl methyl sites for hydroxylation is 1. The Morgan fingerprint density at radius 1 is 1.24 bits per heavy atom. The number of halogens is 1. The summed E-state index contributed by atoms with van der Waals surface area (Å²) in [7, 11) is -16.9. The molecule has 1 aromatic heterocycles. The molecule has 1 saturated heterocycles. The van der Waals surface area contributed by atoms with Crippen molar-refractivity contribution in [1.82, 2.24) is 9.55 Å². The monoisotopic (exact) mass is 555 g/mol. The third-order valence-corrected chi connectivity index (χ3v) is 7.94. The first-order valence-corrected chi connectivity index (χ1v) is 13.2. The van der Waals surface area contributed by atoms with Crippen molar-refractivity contribution in [1.29, 1.82) is 0 Å². The number of phosphoric ester groups is 1. The van der Waals surface area contributed by atoms with E-state index in [1.807, 2.05) is 10.4 Å². The van der Waals surface area contributed by atoms with Crippen LogP contribution in [0.4, 0.5) is 0 Å². The molecule has 1 aliphatic heterocycles. The van der Waals surface area contributed by atoms with Crippen molar-refractivity contribution >= 4 is 35.1 Å². The number of H-pyrrole nitrogens is 1. The van der Waals surface area contributed by atoms with Crippen LogP contribution in [0.15, 0.2) is 15.7 Å². The molecule has 0 bridgehead atoms. The first kappa shape index (κ1) is 28.1. The first-order chi connectivity index (χ1) is 14.9. The SMILES string of the molecule is Cc1cc(=O)[nH]c(=O)n1[C@@H]1O[C@H](COP(=O)(O)OP(=O)(O)OP(=O)(O)O)[C@H](O)C1(N)C#CCl. The van der Waals surface area contributed by atoms with Gasteiger partial charge in [0.15, 0.2) is 11.8 Å². The molecule has 0 aliphatic carbocycles. The number of nitrogens with one attached hydrogen (secondary N) is 1. The van der Waals surface area contributed by atoms with Gasteiger partial charge in [0.1, 0.15) is 12.2 Å². The molecular formula is C12H17ClN3O14P3. The lowest BCUT2D eigenvalue weighted by molar-refractivity contribution is -0.0475. The van der Waals surface area contributed by atoms with Gasteiger partial charge in [0.25, 0.3) is 5.56 Å². The van der Waals surface area contributed by atoms with Crippen LogP contribution >= 0.6 is 35.1 Å². The van der Waals surface area contributed by atoms with Gasteiger partial charge in [-0.3, -0.25) is 18.9 Å². The average Bonchev–Trinajstić information content (AvgIpc) is 2.81. The van der Waals surface area contributed by atoms with Crippen molar-refractivity contribution in [2.75, 3.05) is 6.61 Å². The van der Waals surface area contributed by atoms with Gasteiger partial charge in [0, 0.05) is 17.1 Å². The number of ether oxygens (including phenoxy) is 1. The van der Waals surface area contributed by atoms with E-state index in [9.17, 15) is 33.3 Å². The molecule has 3 unspecified atom stereocenters. The lowest BCUT2D eigenvalue weighted by Crippen LogP contribution is -2.55. The average molecular weight is 556 g/mol. The van der Waals surface area contributed by atoms with Gasteiger partial charge in [-0.1, -0.05) is 5.92 Å². The molecule has 0 spiro atoms. The molecule has 0 radical (unpaired) electrons. The second kappa shape index (κ2) is 9.82. The Bertz CT molecular complexity index is 1230. The second-order valence-corrected chi connectivity index (χ2v) is 11.1. The first-order valence-electron chi connectivity index (χ1n) is 8.27. The van der Waals surface area contributed by atoms with E-state index in [1.165, 1.54) is 6.92 Å². The largest absolute Gasteiger partial charge is 0.490 e. The summed E-state index contributed by atoms with van der Waals surface area (Å²) in [5.74, 6) is 2.24. The molecular weight excluding hydrogens is 539 g/mol. The summed E-state index contributed by atoms with van der Waals surface area (Å²) >= 11 is 5.39. The van der Waals surface area contributed by atoms with E-state index < -0.39 is 65.3 Å². The molecule has 1 aromatic rings. The van der Waals surface area contributed by atoms with Gasteiger partial charge < -0.3 is 35.2 Å². The van der Waals surface area contributed by atoms with Gasteiger partial charge >= 0.3 is 29.2 Å². The van der Waals surface area contributed by atoms with E-state index in [2.05, 4.69) is 19.1 Å². The predicted octanol–water partition coefficient (Wildman–Crippen LogP) is -1.66. The summed E-state index contributed by atoms with van der Waals surface area (Å²) in [5, 5.41) is 12.5. The van der Waals surface area contributed by atoms with E-state index >= 15 is 0 Å². The summed E-state index contributed by atoms with van der Waals surface area (Å²) in [6.45, 7) is 0.252. The zero-order valence-electron chi connectivity index (χ0n) is 16.2. The van der Waals surface area contributed by atoms with E-state index in [4.69, 9.17) is 36.8 Å². The minimum Gasteiger partial charge on any atom is -0.387 e. The van der Waals surface area contributed by atoms with Gasteiger partial charge in [-0.05, 0) is 18.5 Å². The number of hydrogen-bond donors (Lipinski definition) is 7. The highest BCUT2D eigenvalue weighted by molar-refractivity contribution is 7.66. The van der Waals surface area contributed by atoms with E-state index in [0.717, 1.165) is 10.6 Å². The minimum atomic E-state index is -5.77. The van der Waals surface area contributed by atoms with Crippen molar-refractivity contribution in [3.05, 3.63) is 32.6 Å². The number of aromatic amines is 1. The number of phosphoric acid groups is 3. The van der Waals surface area contributed by atoms with Crippen LogP contribution in [-0.2, 0) is 31.6 Å². The van der Waals surface area contributed by atoms with Crippen LogP contribution in [0.3, 0.4) is 0 Å². The van der Waals surface area contributed by atoms with Gasteiger partial charge in [-0.25, -0.2) is 18.5 Å². The van der Waals surface area contributed by atoms with E-state index in [1.54, 1.807) is 0 Å². The van der Waals surface area contributed by atoms with Crippen LogP contribution in [0.5, 0.6) is 0 Å². The lowest BCUT2D eigenvalue weighted by Gasteiger charge is -2.28. The fraction of sp³-hybridized carbons (Fsp3) is 0.500. The molecule has 2 rings (SSSR count). The fourth-order valence-corrected chi connectivity index (χ4v) is 6.01. The van der Waals surface area contributed by atoms with Crippen molar-refractivity contribution in [3.8, 4) is 11.3 Å². The zero-order valence-corrected chi connectivity index (χ0v) is 19.6. The number of nitrogens with zero attached hydrogens (tertiary/aromatic N) is 1. The Morgan fingerprint density at radius 3 is 2.36 bits per heavy atom. The Morgan fingerprint density at radius 2 is 1.85 bits per heavy atom. The molecule has 0 aromatic carbocycles. The smallest absolute Gasteiger partial charge is 0.387 e. The third kappa shape index (κ3) is 6.92. The molecule has 6 atom stereocenters. The molecule has 1 aliphatic rings. The molecule has 2 heterocycles. The lowest BCUT2D eigenvalue weighted by atomic mass is 9.92. The van der Waals surface area contributed by atoms with E-state index in [-0.39, 0.29) is 5.69 Å². The molecule has 186 valence electrons. The maximum Gasteiger partial charge on any atom is 0.490 e. The minimum absolute atomic E-state index is 0.0284. The molecule has 33 heavy (non-hydrogen) atoms. The van der Waals surface area contributed by atoms with Crippen LogP contribution in [0.2, 0.25) is 0 Å². The Kier molecular flexibility index (Phi) is 8.35. The quantitative estimate of drug-likeness (QED) is 0.140.